The molecule has 0 aromatic carbocycles. The first-order chi connectivity index (χ1) is 9.08. The first-order valence-electron chi connectivity index (χ1n) is 7.94. The van der Waals surface area contributed by atoms with Crippen LogP contribution in [0.1, 0.15) is 58.3 Å². The van der Waals surface area contributed by atoms with Gasteiger partial charge in [0.25, 0.3) is 0 Å². The van der Waals surface area contributed by atoms with E-state index in [2.05, 4.69) is 17.1 Å². The van der Waals surface area contributed by atoms with Crippen LogP contribution in [0.4, 0.5) is 0 Å². The van der Waals surface area contributed by atoms with Crippen LogP contribution >= 0.6 is 0 Å². The Balaban J connectivity index is 1.55. The first kappa shape index (κ1) is 13.4. The number of nitrogens with zero attached hydrogens (tertiary/aromatic N) is 1. The molecular formula is C15H27N3O. The molecule has 4 nitrogen and oxygen atoms in total. The van der Waals surface area contributed by atoms with Crippen molar-refractivity contribution in [2.45, 2.75) is 82.0 Å². The zero-order valence-electron chi connectivity index (χ0n) is 12.0. The topological polar surface area (TPSA) is 58.4 Å². The second kappa shape index (κ2) is 5.06. The fourth-order valence-electron chi connectivity index (χ4n) is 3.81. The number of hydrogen-bond acceptors (Lipinski definition) is 3. The molecule has 2 unspecified atom stereocenters. The van der Waals surface area contributed by atoms with Crippen LogP contribution in [0.5, 0.6) is 0 Å². The minimum absolute atomic E-state index is 0.0991. The highest BCUT2D eigenvalue weighted by molar-refractivity contribution is 5.86. The Morgan fingerprint density at radius 3 is 2.58 bits per heavy atom. The molecule has 2 aliphatic carbocycles. The maximum absolute atomic E-state index is 12.4. The Morgan fingerprint density at radius 1 is 1.26 bits per heavy atom. The van der Waals surface area contributed by atoms with E-state index in [4.69, 9.17) is 5.73 Å². The van der Waals surface area contributed by atoms with Gasteiger partial charge in [-0.1, -0.05) is 19.3 Å². The highest BCUT2D eigenvalue weighted by atomic mass is 16.2. The van der Waals surface area contributed by atoms with Gasteiger partial charge in [0.05, 0.1) is 5.54 Å². The molecular weight excluding hydrogens is 238 g/mol. The Hall–Kier alpha value is -0.610. The molecule has 3 N–H and O–H groups in total. The summed E-state index contributed by atoms with van der Waals surface area (Å²) in [5.41, 5.74) is 5.71. The lowest BCUT2D eigenvalue weighted by Gasteiger charge is -2.33. The third kappa shape index (κ3) is 2.79. The lowest BCUT2D eigenvalue weighted by molar-refractivity contribution is -0.128. The zero-order chi connectivity index (χ0) is 13.5. The van der Waals surface area contributed by atoms with Crippen molar-refractivity contribution in [1.29, 1.82) is 0 Å². The van der Waals surface area contributed by atoms with E-state index in [1.165, 1.54) is 19.3 Å². The molecule has 3 aliphatic rings. The quantitative estimate of drug-likeness (QED) is 0.811. The highest BCUT2D eigenvalue weighted by Gasteiger charge is 2.41. The summed E-state index contributed by atoms with van der Waals surface area (Å²) in [4.78, 5) is 15.0. The summed E-state index contributed by atoms with van der Waals surface area (Å²) < 4.78 is 0. The minimum atomic E-state index is -0.589. The van der Waals surface area contributed by atoms with Crippen LogP contribution in [0, 0.1) is 0 Å². The van der Waals surface area contributed by atoms with E-state index in [1.807, 2.05) is 0 Å². The summed E-state index contributed by atoms with van der Waals surface area (Å²) in [5, 5.41) is 3.23. The summed E-state index contributed by atoms with van der Waals surface area (Å²) in [6.07, 6.45) is 8.89. The number of likely N-dealkylation sites (tertiary alicyclic amines) is 1. The van der Waals surface area contributed by atoms with Crippen molar-refractivity contribution in [3.63, 3.8) is 0 Å². The lowest BCUT2D eigenvalue weighted by atomic mass is 9.81. The van der Waals surface area contributed by atoms with Gasteiger partial charge >= 0.3 is 0 Å². The maximum Gasteiger partial charge on any atom is 0.240 e. The summed E-state index contributed by atoms with van der Waals surface area (Å²) in [6, 6.07) is 1.71. The average Bonchev–Trinajstić information content (AvgIpc) is 3.15. The molecule has 1 saturated heterocycles. The molecule has 108 valence electrons. The first-order valence-corrected chi connectivity index (χ1v) is 7.94. The summed E-state index contributed by atoms with van der Waals surface area (Å²) in [6.45, 7) is 3.30. The molecule has 0 bridgehead atoms. The van der Waals surface area contributed by atoms with Crippen LogP contribution in [-0.2, 0) is 4.79 Å². The van der Waals surface area contributed by atoms with Crippen molar-refractivity contribution in [1.82, 2.24) is 10.2 Å². The molecule has 3 rings (SSSR count). The molecule has 2 saturated carbocycles. The van der Waals surface area contributed by atoms with Gasteiger partial charge in [-0.3, -0.25) is 9.69 Å². The number of carbonyl (C=O) groups is 1. The van der Waals surface area contributed by atoms with Gasteiger partial charge in [-0.25, -0.2) is 0 Å². The molecule has 0 aromatic heterocycles. The van der Waals surface area contributed by atoms with Gasteiger partial charge in [0.15, 0.2) is 0 Å². The van der Waals surface area contributed by atoms with E-state index in [1.54, 1.807) is 0 Å². The van der Waals surface area contributed by atoms with E-state index in [9.17, 15) is 4.79 Å². The van der Waals surface area contributed by atoms with Gasteiger partial charge in [-0.05, 0) is 39.0 Å². The molecule has 0 aromatic rings. The molecule has 1 amide bonds. The SMILES string of the molecule is CC1CC(NC(=O)C2(N)CCCCC2)CN1C1CC1. The predicted octanol–water partition coefficient (Wildman–Crippen LogP) is 1.39. The third-order valence-corrected chi connectivity index (χ3v) is 5.17. The number of nitrogens with two attached hydrogens (primary N) is 1. The van der Waals surface area contributed by atoms with Crippen LogP contribution in [0.15, 0.2) is 0 Å². The van der Waals surface area contributed by atoms with Crippen LogP contribution in [0.2, 0.25) is 0 Å². The van der Waals surface area contributed by atoms with Gasteiger partial charge < -0.3 is 11.1 Å². The molecule has 19 heavy (non-hydrogen) atoms. The van der Waals surface area contributed by atoms with Crippen molar-refractivity contribution >= 4 is 5.91 Å². The van der Waals surface area contributed by atoms with E-state index in [0.717, 1.165) is 44.7 Å². The highest BCUT2D eigenvalue weighted by Crippen LogP contribution is 2.33. The largest absolute Gasteiger partial charge is 0.350 e. The molecule has 0 radical (unpaired) electrons. The smallest absolute Gasteiger partial charge is 0.240 e. The normalized spacial score (nSPS) is 35.3. The standard InChI is InChI=1S/C15H27N3O/c1-11-9-12(10-18(11)13-5-6-13)17-14(19)15(16)7-3-2-4-8-15/h11-13H,2-10,16H2,1H3,(H,17,19). The van der Waals surface area contributed by atoms with Crippen LogP contribution in [0.3, 0.4) is 0 Å². The number of nitrogens with one attached hydrogen (secondary N) is 1. The average molecular weight is 265 g/mol. The Kier molecular flexibility index (Phi) is 3.56. The van der Waals surface area contributed by atoms with Crippen molar-refractivity contribution in [2.75, 3.05) is 6.54 Å². The summed E-state index contributed by atoms with van der Waals surface area (Å²) >= 11 is 0. The van der Waals surface area contributed by atoms with Crippen LogP contribution in [-0.4, -0.2) is 41.0 Å². The van der Waals surface area contributed by atoms with E-state index in [-0.39, 0.29) is 5.91 Å². The van der Waals surface area contributed by atoms with Crippen molar-refractivity contribution < 1.29 is 4.79 Å². The number of hydrogen-bond donors (Lipinski definition) is 2. The van der Waals surface area contributed by atoms with Gasteiger partial charge in [-0.2, -0.15) is 0 Å². The third-order valence-electron chi connectivity index (χ3n) is 5.17. The lowest BCUT2D eigenvalue weighted by Crippen LogP contribution is -2.57. The maximum atomic E-state index is 12.4. The fourth-order valence-corrected chi connectivity index (χ4v) is 3.81. The van der Waals surface area contributed by atoms with Crippen LogP contribution < -0.4 is 11.1 Å². The van der Waals surface area contributed by atoms with Gasteiger partial charge in [0.2, 0.25) is 5.91 Å². The summed E-state index contributed by atoms with van der Waals surface area (Å²) in [7, 11) is 0. The van der Waals surface area contributed by atoms with Crippen LogP contribution in [0.25, 0.3) is 0 Å². The van der Waals surface area contributed by atoms with E-state index in [0.29, 0.717) is 12.1 Å². The predicted molar refractivity (Wildman–Crippen MR) is 75.7 cm³/mol. The van der Waals surface area contributed by atoms with Crippen molar-refractivity contribution in [2.24, 2.45) is 5.73 Å². The Labute approximate surface area is 116 Å². The number of carbonyl (C=O) groups excluding carboxylic acids is 1. The van der Waals surface area contributed by atoms with Gasteiger partial charge in [-0.15, -0.1) is 0 Å². The summed E-state index contributed by atoms with van der Waals surface area (Å²) in [5.74, 6) is 0.0991. The minimum Gasteiger partial charge on any atom is -0.350 e. The Bertz CT molecular complexity index is 347. The molecule has 1 aliphatic heterocycles. The second-order valence-electron chi connectivity index (χ2n) is 6.90. The molecule has 0 spiro atoms. The van der Waals surface area contributed by atoms with Gasteiger partial charge in [0.1, 0.15) is 0 Å². The molecule has 4 heteroatoms. The molecule has 1 heterocycles. The fraction of sp³-hybridized carbons (Fsp3) is 0.933. The van der Waals surface area contributed by atoms with Crippen molar-refractivity contribution in [3.8, 4) is 0 Å². The number of rotatable bonds is 3. The second-order valence-corrected chi connectivity index (χ2v) is 6.90. The van der Waals surface area contributed by atoms with Crippen molar-refractivity contribution in [3.05, 3.63) is 0 Å². The Morgan fingerprint density at radius 2 is 1.95 bits per heavy atom. The van der Waals surface area contributed by atoms with E-state index < -0.39 is 5.54 Å². The molecule has 3 fully saturated rings. The zero-order valence-corrected chi connectivity index (χ0v) is 12.0. The van der Waals surface area contributed by atoms with Gasteiger partial charge in [0, 0.05) is 24.7 Å². The molecule has 2 atom stereocenters. The number of amides is 1. The monoisotopic (exact) mass is 265 g/mol. The van der Waals surface area contributed by atoms with E-state index >= 15 is 0 Å².